The van der Waals surface area contributed by atoms with Crippen LogP contribution in [0.25, 0.3) is 21.5 Å². The molecule has 7 heteroatoms. The minimum absolute atomic E-state index is 0.116. The number of amides is 1. The van der Waals surface area contributed by atoms with Gasteiger partial charge in [0, 0.05) is 35.4 Å². The van der Waals surface area contributed by atoms with Gasteiger partial charge in [-0.1, -0.05) is 30.3 Å². The van der Waals surface area contributed by atoms with Crippen LogP contribution < -0.4 is 16.8 Å². The lowest BCUT2D eigenvalue weighted by Crippen LogP contribution is -2.41. The Balaban J connectivity index is 1.53. The van der Waals surface area contributed by atoms with Gasteiger partial charge >= 0.3 is 0 Å². The second kappa shape index (κ2) is 7.84. The number of nitrogens with one attached hydrogen (secondary N) is 2. The average Bonchev–Trinajstić information content (AvgIpc) is 3.36. The summed E-state index contributed by atoms with van der Waals surface area (Å²) < 4.78 is 0. The summed E-state index contributed by atoms with van der Waals surface area (Å²) in [5, 5.41) is 3.92. The molecule has 4 rings (SSSR count). The van der Waals surface area contributed by atoms with Gasteiger partial charge in [0.05, 0.1) is 16.0 Å². The monoisotopic (exact) mass is 391 g/mol. The molecule has 28 heavy (non-hydrogen) atoms. The molecule has 6 nitrogen and oxygen atoms in total. The molecule has 1 aromatic carbocycles. The lowest BCUT2D eigenvalue weighted by molar-refractivity contribution is 0.0942. The molecular weight excluding hydrogens is 370 g/mol. The van der Waals surface area contributed by atoms with E-state index < -0.39 is 0 Å². The van der Waals surface area contributed by atoms with Crippen molar-refractivity contribution in [2.75, 3.05) is 12.3 Å². The van der Waals surface area contributed by atoms with Crippen LogP contribution in [0, 0.1) is 0 Å². The zero-order valence-corrected chi connectivity index (χ0v) is 16.0. The second-order valence-corrected chi connectivity index (χ2v) is 7.67. The lowest BCUT2D eigenvalue weighted by Gasteiger charge is -2.16. The number of nitrogens with zero attached hydrogens (tertiary/aromatic N) is 1. The largest absolute Gasteiger partial charge is 0.397 e. The van der Waals surface area contributed by atoms with Crippen LogP contribution in [-0.4, -0.2) is 28.5 Å². The number of nitrogens with two attached hydrogens (primary N) is 2. The zero-order valence-electron chi connectivity index (χ0n) is 15.2. The summed E-state index contributed by atoms with van der Waals surface area (Å²) in [4.78, 5) is 21.7. The smallest absolute Gasteiger partial charge is 0.261 e. The van der Waals surface area contributed by atoms with Crippen molar-refractivity contribution in [1.29, 1.82) is 0 Å². The predicted octanol–water partition coefficient (Wildman–Crippen LogP) is 3.17. The molecule has 0 saturated heterocycles. The Morgan fingerprint density at radius 3 is 2.79 bits per heavy atom. The summed E-state index contributed by atoms with van der Waals surface area (Å²) in [6.45, 7) is 0.379. The fraction of sp³-hybridized carbons (Fsp3) is 0.143. The number of aromatic nitrogens is 2. The van der Waals surface area contributed by atoms with Crippen LogP contribution in [0.2, 0.25) is 0 Å². The highest BCUT2D eigenvalue weighted by atomic mass is 32.1. The van der Waals surface area contributed by atoms with Crippen molar-refractivity contribution < 1.29 is 4.79 Å². The van der Waals surface area contributed by atoms with Crippen LogP contribution in [0.15, 0.2) is 60.9 Å². The summed E-state index contributed by atoms with van der Waals surface area (Å²) in [7, 11) is 0. The van der Waals surface area contributed by atoms with Gasteiger partial charge in [0.1, 0.15) is 5.65 Å². The molecule has 0 spiro atoms. The van der Waals surface area contributed by atoms with Gasteiger partial charge in [0.15, 0.2) is 0 Å². The van der Waals surface area contributed by atoms with Crippen LogP contribution in [0.5, 0.6) is 0 Å². The number of anilines is 1. The first kappa shape index (κ1) is 18.2. The van der Waals surface area contributed by atoms with E-state index in [4.69, 9.17) is 11.5 Å². The van der Waals surface area contributed by atoms with Crippen molar-refractivity contribution in [3.8, 4) is 10.4 Å². The van der Waals surface area contributed by atoms with Crippen LogP contribution in [0.3, 0.4) is 0 Å². The lowest BCUT2D eigenvalue weighted by atomic mass is 10.1. The number of carbonyl (C=O) groups excluding carboxylic acids is 1. The minimum Gasteiger partial charge on any atom is -0.397 e. The fourth-order valence-electron chi connectivity index (χ4n) is 3.24. The third-order valence-electron chi connectivity index (χ3n) is 4.64. The van der Waals surface area contributed by atoms with Crippen LogP contribution in [0.1, 0.15) is 15.2 Å². The number of fused-ring (bicyclic) bond motifs is 1. The molecule has 0 aliphatic heterocycles. The minimum atomic E-state index is -0.117. The Labute approximate surface area is 166 Å². The molecule has 4 aromatic rings. The third kappa shape index (κ3) is 3.62. The fourth-order valence-corrected chi connectivity index (χ4v) is 4.18. The molecular formula is C21H21N5OS. The maximum atomic E-state index is 12.7. The Bertz CT molecular complexity index is 1100. The highest BCUT2D eigenvalue weighted by Gasteiger charge is 2.17. The van der Waals surface area contributed by atoms with Gasteiger partial charge in [-0.05, 0) is 30.2 Å². The van der Waals surface area contributed by atoms with E-state index in [0.717, 1.165) is 27.0 Å². The quantitative estimate of drug-likeness (QED) is 0.405. The Morgan fingerprint density at radius 2 is 2.00 bits per heavy atom. The number of hydrogen-bond acceptors (Lipinski definition) is 5. The number of benzene rings is 1. The molecule has 0 aliphatic carbocycles. The van der Waals surface area contributed by atoms with Gasteiger partial charge in [0.2, 0.25) is 0 Å². The first-order valence-electron chi connectivity index (χ1n) is 9.02. The Hall–Kier alpha value is -3.16. The highest BCUT2D eigenvalue weighted by Crippen LogP contribution is 2.35. The molecule has 3 aromatic heterocycles. The summed E-state index contributed by atoms with van der Waals surface area (Å²) in [5.41, 5.74) is 15.4. The van der Waals surface area contributed by atoms with Crippen LogP contribution in [0.4, 0.5) is 5.69 Å². The van der Waals surface area contributed by atoms with Gasteiger partial charge in [-0.3, -0.25) is 4.79 Å². The van der Waals surface area contributed by atoms with E-state index in [1.807, 2.05) is 48.5 Å². The van der Waals surface area contributed by atoms with Crippen molar-refractivity contribution in [1.82, 2.24) is 15.3 Å². The number of carbonyl (C=O) groups is 1. The molecule has 1 amide bonds. The van der Waals surface area contributed by atoms with Gasteiger partial charge in [0.25, 0.3) is 5.91 Å². The molecule has 1 unspecified atom stereocenters. The van der Waals surface area contributed by atoms with E-state index >= 15 is 0 Å². The maximum Gasteiger partial charge on any atom is 0.261 e. The number of rotatable bonds is 6. The number of hydrogen-bond donors (Lipinski definition) is 4. The topological polar surface area (TPSA) is 110 Å². The number of thiophene rings is 1. The summed E-state index contributed by atoms with van der Waals surface area (Å²) in [6.07, 6.45) is 4.17. The predicted molar refractivity (Wildman–Crippen MR) is 114 cm³/mol. The van der Waals surface area contributed by atoms with Crippen molar-refractivity contribution in [3.63, 3.8) is 0 Å². The van der Waals surface area contributed by atoms with Crippen LogP contribution in [-0.2, 0) is 6.42 Å². The van der Waals surface area contributed by atoms with Crippen molar-refractivity contribution in [2.24, 2.45) is 5.73 Å². The van der Waals surface area contributed by atoms with E-state index in [1.54, 1.807) is 12.4 Å². The Morgan fingerprint density at radius 1 is 1.18 bits per heavy atom. The highest BCUT2D eigenvalue weighted by molar-refractivity contribution is 7.17. The summed E-state index contributed by atoms with van der Waals surface area (Å²) in [5.74, 6) is -0.116. The summed E-state index contributed by atoms with van der Waals surface area (Å²) in [6, 6.07) is 15.6. The van der Waals surface area contributed by atoms with Crippen molar-refractivity contribution in [3.05, 3.63) is 71.4 Å². The molecule has 0 aliphatic rings. The van der Waals surface area contributed by atoms with E-state index in [0.29, 0.717) is 23.5 Å². The SMILES string of the molecule is NCC(Cc1ccccc1)NC(=O)c1ccc(-c2ccnc3[nH]cc(N)c23)s1. The normalized spacial score (nSPS) is 12.2. The summed E-state index contributed by atoms with van der Waals surface area (Å²) >= 11 is 1.43. The molecule has 3 heterocycles. The zero-order chi connectivity index (χ0) is 19.5. The van der Waals surface area contributed by atoms with Crippen molar-refractivity contribution in [2.45, 2.75) is 12.5 Å². The van der Waals surface area contributed by atoms with Crippen LogP contribution >= 0.6 is 11.3 Å². The first-order valence-corrected chi connectivity index (χ1v) is 9.84. The Kier molecular flexibility index (Phi) is 5.10. The molecule has 6 N–H and O–H groups in total. The van der Waals surface area contributed by atoms with E-state index in [1.165, 1.54) is 11.3 Å². The average molecular weight is 392 g/mol. The van der Waals surface area contributed by atoms with Gasteiger partial charge in [-0.2, -0.15) is 0 Å². The number of nitrogen functional groups attached to an aromatic ring is 1. The third-order valence-corrected chi connectivity index (χ3v) is 5.76. The van der Waals surface area contributed by atoms with Gasteiger partial charge in [-0.25, -0.2) is 4.98 Å². The van der Waals surface area contributed by atoms with E-state index in [9.17, 15) is 4.79 Å². The van der Waals surface area contributed by atoms with Gasteiger partial charge in [-0.15, -0.1) is 11.3 Å². The van der Waals surface area contributed by atoms with Gasteiger partial charge < -0.3 is 21.8 Å². The number of H-pyrrole nitrogens is 1. The van der Waals surface area contributed by atoms with Crippen molar-refractivity contribution >= 4 is 34.0 Å². The van der Waals surface area contributed by atoms with E-state index in [-0.39, 0.29) is 11.9 Å². The molecule has 1 atom stereocenters. The van der Waals surface area contributed by atoms with E-state index in [2.05, 4.69) is 15.3 Å². The molecule has 0 radical (unpaired) electrons. The number of aromatic amines is 1. The second-order valence-electron chi connectivity index (χ2n) is 6.59. The maximum absolute atomic E-state index is 12.7. The first-order chi connectivity index (χ1) is 13.7. The molecule has 0 fully saturated rings. The molecule has 0 saturated carbocycles. The number of pyridine rings is 1. The molecule has 142 valence electrons. The standard InChI is InChI=1S/C21H21N5OS/c22-11-14(10-13-4-2-1-3-5-13)26-21(27)18-7-6-17(28-18)15-8-9-24-20-19(15)16(23)12-25-20/h1-9,12,14H,10-11,22-23H2,(H,24,25)(H,26,27). The molecule has 0 bridgehead atoms.